The molecule has 1 aliphatic rings. The number of aliphatic hydroxyl groups excluding tert-OH is 1. The van der Waals surface area contributed by atoms with E-state index in [2.05, 4.69) is 38.0 Å². The van der Waals surface area contributed by atoms with Crippen molar-refractivity contribution in [2.75, 3.05) is 26.7 Å². The Labute approximate surface area is 100 Å². The van der Waals surface area contributed by atoms with Crippen LogP contribution in [0.1, 0.15) is 40.0 Å². The van der Waals surface area contributed by atoms with Crippen LogP contribution in [0.25, 0.3) is 0 Å². The zero-order valence-corrected chi connectivity index (χ0v) is 11.3. The summed E-state index contributed by atoms with van der Waals surface area (Å²) in [5.74, 6) is 0. The van der Waals surface area contributed by atoms with Gasteiger partial charge >= 0.3 is 0 Å². The Morgan fingerprint density at radius 1 is 1.50 bits per heavy atom. The molecule has 0 spiro atoms. The van der Waals surface area contributed by atoms with Crippen LogP contribution < -0.4 is 5.32 Å². The van der Waals surface area contributed by atoms with Gasteiger partial charge in [-0.2, -0.15) is 0 Å². The van der Waals surface area contributed by atoms with Crippen molar-refractivity contribution >= 4 is 0 Å². The van der Waals surface area contributed by atoms with Crippen LogP contribution in [0.3, 0.4) is 0 Å². The lowest BCUT2D eigenvalue weighted by molar-refractivity contribution is 0.116. The summed E-state index contributed by atoms with van der Waals surface area (Å²) in [7, 11) is 2.20. The molecule has 1 saturated heterocycles. The predicted molar refractivity (Wildman–Crippen MR) is 68.6 cm³/mol. The minimum Gasteiger partial charge on any atom is -0.396 e. The molecule has 0 amide bonds. The SMILES string of the molecule is CCC(C)(CO)CNC1CCN(C)C(C)C1. The van der Waals surface area contributed by atoms with E-state index < -0.39 is 0 Å². The lowest BCUT2D eigenvalue weighted by Gasteiger charge is -2.37. The van der Waals surface area contributed by atoms with Crippen molar-refractivity contribution in [2.24, 2.45) is 5.41 Å². The Hall–Kier alpha value is -0.120. The fourth-order valence-electron chi connectivity index (χ4n) is 2.16. The maximum atomic E-state index is 9.36. The summed E-state index contributed by atoms with van der Waals surface area (Å²) in [5, 5.41) is 13.0. The molecule has 1 fully saturated rings. The van der Waals surface area contributed by atoms with Gasteiger partial charge in [-0.15, -0.1) is 0 Å². The molecule has 1 aliphatic heterocycles. The Kier molecular flexibility index (Phi) is 5.22. The monoisotopic (exact) mass is 228 g/mol. The van der Waals surface area contributed by atoms with Gasteiger partial charge in [0.1, 0.15) is 0 Å². The second kappa shape index (κ2) is 5.99. The summed E-state index contributed by atoms with van der Waals surface area (Å²) in [6, 6.07) is 1.30. The molecule has 0 aliphatic carbocycles. The smallest absolute Gasteiger partial charge is 0.0496 e. The van der Waals surface area contributed by atoms with Crippen LogP contribution in [0, 0.1) is 5.41 Å². The molecule has 3 heteroatoms. The maximum Gasteiger partial charge on any atom is 0.0496 e. The second-order valence-corrected chi connectivity index (χ2v) is 5.75. The van der Waals surface area contributed by atoms with Crippen molar-refractivity contribution in [3.05, 3.63) is 0 Å². The lowest BCUT2D eigenvalue weighted by atomic mass is 9.87. The summed E-state index contributed by atoms with van der Waals surface area (Å²) < 4.78 is 0. The number of likely N-dealkylation sites (tertiary alicyclic amines) is 1. The van der Waals surface area contributed by atoms with Crippen LogP contribution in [0.4, 0.5) is 0 Å². The van der Waals surface area contributed by atoms with E-state index in [1.54, 1.807) is 0 Å². The highest BCUT2D eigenvalue weighted by Gasteiger charge is 2.26. The van der Waals surface area contributed by atoms with Gasteiger partial charge in [0.25, 0.3) is 0 Å². The van der Waals surface area contributed by atoms with Crippen LogP contribution >= 0.6 is 0 Å². The normalized spacial score (nSPS) is 31.3. The van der Waals surface area contributed by atoms with Gasteiger partial charge in [-0.05, 0) is 39.8 Å². The average molecular weight is 228 g/mol. The molecule has 3 unspecified atom stereocenters. The van der Waals surface area contributed by atoms with E-state index in [0.29, 0.717) is 12.1 Å². The van der Waals surface area contributed by atoms with Gasteiger partial charge in [0.05, 0.1) is 0 Å². The first-order chi connectivity index (χ1) is 7.50. The molecule has 0 aromatic rings. The van der Waals surface area contributed by atoms with Gasteiger partial charge in [-0.3, -0.25) is 0 Å². The molecule has 1 rings (SSSR count). The summed E-state index contributed by atoms with van der Waals surface area (Å²) in [4.78, 5) is 2.42. The van der Waals surface area contributed by atoms with Crippen molar-refractivity contribution in [1.82, 2.24) is 10.2 Å². The Bertz CT molecular complexity index is 204. The number of piperidine rings is 1. The summed E-state index contributed by atoms with van der Waals surface area (Å²) in [6.07, 6.45) is 3.48. The number of rotatable bonds is 5. The van der Waals surface area contributed by atoms with Gasteiger partial charge in [-0.25, -0.2) is 0 Å². The van der Waals surface area contributed by atoms with Gasteiger partial charge in [-0.1, -0.05) is 13.8 Å². The van der Waals surface area contributed by atoms with Crippen molar-refractivity contribution in [2.45, 2.75) is 52.1 Å². The molecule has 16 heavy (non-hydrogen) atoms. The van der Waals surface area contributed by atoms with Crippen molar-refractivity contribution in [3.63, 3.8) is 0 Å². The van der Waals surface area contributed by atoms with Crippen LogP contribution in [-0.4, -0.2) is 48.8 Å². The number of nitrogens with one attached hydrogen (secondary N) is 1. The first-order valence-corrected chi connectivity index (χ1v) is 6.55. The van der Waals surface area contributed by atoms with E-state index in [1.807, 2.05) is 0 Å². The summed E-state index contributed by atoms with van der Waals surface area (Å²) in [5.41, 5.74) is 0.0482. The zero-order valence-electron chi connectivity index (χ0n) is 11.3. The molecule has 0 saturated carbocycles. The molecule has 3 nitrogen and oxygen atoms in total. The second-order valence-electron chi connectivity index (χ2n) is 5.75. The van der Waals surface area contributed by atoms with E-state index in [9.17, 15) is 5.11 Å². The molecule has 3 atom stereocenters. The molecule has 0 aromatic heterocycles. The van der Waals surface area contributed by atoms with Gasteiger partial charge in [0.15, 0.2) is 0 Å². The first kappa shape index (κ1) is 13.9. The molecule has 96 valence electrons. The largest absolute Gasteiger partial charge is 0.396 e. The van der Waals surface area contributed by atoms with Crippen molar-refractivity contribution in [3.8, 4) is 0 Å². The first-order valence-electron chi connectivity index (χ1n) is 6.55. The standard InChI is InChI=1S/C13H28N2O/c1-5-13(3,10-16)9-14-12-6-7-15(4)11(2)8-12/h11-12,14,16H,5-10H2,1-4H3. The molecule has 0 bridgehead atoms. The highest BCUT2D eigenvalue weighted by molar-refractivity contribution is 4.84. The van der Waals surface area contributed by atoms with Gasteiger partial charge < -0.3 is 15.3 Å². The van der Waals surface area contributed by atoms with Crippen LogP contribution in [0.15, 0.2) is 0 Å². The van der Waals surface area contributed by atoms with Gasteiger partial charge in [0.2, 0.25) is 0 Å². The average Bonchev–Trinajstić information content (AvgIpc) is 2.30. The maximum absolute atomic E-state index is 9.36. The fraction of sp³-hybridized carbons (Fsp3) is 1.00. The fourth-order valence-corrected chi connectivity index (χ4v) is 2.16. The molecule has 0 aromatic carbocycles. The van der Waals surface area contributed by atoms with Crippen LogP contribution in [0.5, 0.6) is 0 Å². The predicted octanol–water partition coefficient (Wildman–Crippen LogP) is 1.47. The van der Waals surface area contributed by atoms with E-state index in [4.69, 9.17) is 0 Å². The molecular formula is C13H28N2O. The van der Waals surface area contributed by atoms with Gasteiger partial charge in [0, 0.05) is 30.7 Å². The topological polar surface area (TPSA) is 35.5 Å². The van der Waals surface area contributed by atoms with Crippen LogP contribution in [-0.2, 0) is 0 Å². The molecule has 2 N–H and O–H groups in total. The van der Waals surface area contributed by atoms with E-state index in [1.165, 1.54) is 19.4 Å². The van der Waals surface area contributed by atoms with E-state index >= 15 is 0 Å². The third-order valence-corrected chi connectivity index (χ3v) is 4.26. The number of hydrogen-bond donors (Lipinski definition) is 2. The lowest BCUT2D eigenvalue weighted by Crippen LogP contribution is -2.48. The number of aliphatic hydroxyl groups is 1. The Morgan fingerprint density at radius 3 is 2.69 bits per heavy atom. The van der Waals surface area contributed by atoms with Crippen molar-refractivity contribution < 1.29 is 5.11 Å². The highest BCUT2D eigenvalue weighted by Crippen LogP contribution is 2.21. The van der Waals surface area contributed by atoms with Crippen LogP contribution in [0.2, 0.25) is 0 Å². The molecule has 0 radical (unpaired) electrons. The van der Waals surface area contributed by atoms with Crippen molar-refractivity contribution in [1.29, 1.82) is 0 Å². The zero-order chi connectivity index (χ0) is 12.2. The molecule has 1 heterocycles. The minimum absolute atomic E-state index is 0.0482. The van der Waals surface area contributed by atoms with E-state index in [-0.39, 0.29) is 12.0 Å². The quantitative estimate of drug-likeness (QED) is 0.748. The summed E-state index contributed by atoms with van der Waals surface area (Å²) in [6.45, 7) is 8.98. The Morgan fingerprint density at radius 2 is 2.19 bits per heavy atom. The molecular weight excluding hydrogens is 200 g/mol. The van der Waals surface area contributed by atoms with E-state index in [0.717, 1.165) is 13.0 Å². The summed E-state index contributed by atoms with van der Waals surface area (Å²) >= 11 is 0. The number of nitrogens with zero attached hydrogens (tertiary/aromatic N) is 1. The Balaban J connectivity index is 2.33. The highest BCUT2D eigenvalue weighted by atomic mass is 16.3. The minimum atomic E-state index is 0.0482. The third-order valence-electron chi connectivity index (χ3n) is 4.26. The number of hydrogen-bond acceptors (Lipinski definition) is 3. The third kappa shape index (κ3) is 3.72.